The lowest BCUT2D eigenvalue weighted by Gasteiger charge is -2.37. The van der Waals surface area contributed by atoms with E-state index in [0.717, 1.165) is 39.3 Å². The molecule has 0 unspecified atom stereocenters. The van der Waals surface area contributed by atoms with Gasteiger partial charge < -0.3 is 10.5 Å². The Morgan fingerprint density at radius 1 is 1.24 bits per heavy atom. The number of rotatable bonds is 4. The van der Waals surface area contributed by atoms with Crippen molar-refractivity contribution in [2.75, 3.05) is 32.8 Å². The van der Waals surface area contributed by atoms with E-state index in [2.05, 4.69) is 54.0 Å². The highest BCUT2D eigenvalue weighted by Crippen LogP contribution is 2.25. The van der Waals surface area contributed by atoms with Crippen molar-refractivity contribution in [1.82, 2.24) is 9.80 Å². The maximum Gasteiger partial charge on any atom is 0.0870 e. The number of nitrogens with zero attached hydrogens (tertiary/aromatic N) is 2. The average molecular weight is 289 g/mol. The first-order chi connectivity index (χ1) is 10.0. The minimum Gasteiger partial charge on any atom is -0.374 e. The van der Waals surface area contributed by atoms with E-state index in [0.29, 0.717) is 12.1 Å². The molecule has 21 heavy (non-hydrogen) atoms. The molecule has 2 N–H and O–H groups in total. The zero-order chi connectivity index (χ0) is 14.9. The molecule has 0 amide bonds. The second kappa shape index (κ2) is 6.05. The Morgan fingerprint density at radius 3 is 2.71 bits per heavy atom. The van der Waals surface area contributed by atoms with Gasteiger partial charge in [0.05, 0.1) is 18.8 Å². The van der Waals surface area contributed by atoms with E-state index < -0.39 is 0 Å². The molecule has 2 atom stereocenters. The standard InChI is InChI=1S/C17H27N3O/c1-17(2,18)13-19-11-15-16(12-19)21-9-8-20(15)10-14-6-4-3-5-7-14/h3-7,15-16H,8-13,18H2,1-2H3/t15-,16+/m1/s1. The van der Waals surface area contributed by atoms with Crippen LogP contribution in [0, 0.1) is 0 Å². The number of likely N-dealkylation sites (tertiary alicyclic amines) is 1. The van der Waals surface area contributed by atoms with Gasteiger partial charge in [-0.2, -0.15) is 0 Å². The van der Waals surface area contributed by atoms with Crippen molar-refractivity contribution in [1.29, 1.82) is 0 Å². The van der Waals surface area contributed by atoms with E-state index in [-0.39, 0.29) is 5.54 Å². The maximum absolute atomic E-state index is 6.17. The van der Waals surface area contributed by atoms with Gasteiger partial charge in [0.15, 0.2) is 0 Å². The van der Waals surface area contributed by atoms with Crippen LogP contribution < -0.4 is 5.73 Å². The summed E-state index contributed by atoms with van der Waals surface area (Å²) in [7, 11) is 0. The fourth-order valence-electron chi connectivity index (χ4n) is 3.55. The van der Waals surface area contributed by atoms with E-state index in [1.807, 2.05) is 0 Å². The molecule has 2 fully saturated rings. The van der Waals surface area contributed by atoms with E-state index in [1.54, 1.807) is 0 Å². The average Bonchev–Trinajstić information content (AvgIpc) is 2.81. The van der Waals surface area contributed by atoms with E-state index >= 15 is 0 Å². The zero-order valence-corrected chi connectivity index (χ0v) is 13.2. The van der Waals surface area contributed by atoms with Gasteiger partial charge in [-0.25, -0.2) is 0 Å². The first kappa shape index (κ1) is 15.0. The summed E-state index contributed by atoms with van der Waals surface area (Å²) in [4.78, 5) is 5.03. The molecule has 1 aromatic carbocycles. The lowest BCUT2D eigenvalue weighted by atomic mass is 10.1. The highest BCUT2D eigenvalue weighted by molar-refractivity contribution is 5.15. The molecule has 0 spiro atoms. The van der Waals surface area contributed by atoms with Crippen molar-refractivity contribution in [3.05, 3.63) is 35.9 Å². The summed E-state index contributed by atoms with van der Waals surface area (Å²) >= 11 is 0. The van der Waals surface area contributed by atoms with E-state index in [1.165, 1.54) is 5.56 Å². The summed E-state index contributed by atoms with van der Waals surface area (Å²) in [6, 6.07) is 11.2. The predicted octanol–water partition coefficient (Wildman–Crippen LogP) is 1.31. The second-order valence-corrected chi connectivity index (χ2v) is 7.12. The van der Waals surface area contributed by atoms with Crippen molar-refractivity contribution in [2.24, 2.45) is 5.73 Å². The first-order valence-corrected chi connectivity index (χ1v) is 7.92. The molecular weight excluding hydrogens is 262 g/mol. The van der Waals surface area contributed by atoms with Crippen LogP contribution in [0.25, 0.3) is 0 Å². The molecule has 0 bridgehead atoms. The molecule has 1 aromatic rings. The quantitative estimate of drug-likeness (QED) is 0.907. The fraction of sp³-hybridized carbons (Fsp3) is 0.647. The molecule has 0 saturated carbocycles. The van der Waals surface area contributed by atoms with Crippen LogP contribution in [0.1, 0.15) is 19.4 Å². The van der Waals surface area contributed by atoms with Gasteiger partial charge in [0.1, 0.15) is 0 Å². The van der Waals surface area contributed by atoms with Gasteiger partial charge in [-0.05, 0) is 19.4 Å². The lowest BCUT2D eigenvalue weighted by molar-refractivity contribution is -0.0504. The van der Waals surface area contributed by atoms with Crippen LogP contribution in [0.2, 0.25) is 0 Å². The van der Waals surface area contributed by atoms with Crippen molar-refractivity contribution >= 4 is 0 Å². The summed E-state index contributed by atoms with van der Waals surface area (Å²) in [5.74, 6) is 0. The summed E-state index contributed by atoms with van der Waals surface area (Å²) in [5.41, 5.74) is 7.41. The van der Waals surface area contributed by atoms with E-state index in [4.69, 9.17) is 10.5 Å². The SMILES string of the molecule is CC(C)(N)CN1C[C@@H]2OCCN(Cc3ccccc3)[C@@H]2C1. The molecule has 116 valence electrons. The molecule has 2 heterocycles. The van der Waals surface area contributed by atoms with Crippen LogP contribution >= 0.6 is 0 Å². The van der Waals surface area contributed by atoms with E-state index in [9.17, 15) is 0 Å². The van der Waals surface area contributed by atoms with Crippen LogP contribution in [0.15, 0.2) is 30.3 Å². The number of nitrogens with two attached hydrogens (primary N) is 1. The Bertz CT molecular complexity index is 457. The van der Waals surface area contributed by atoms with Crippen molar-refractivity contribution in [3.8, 4) is 0 Å². The van der Waals surface area contributed by atoms with Crippen LogP contribution in [0.3, 0.4) is 0 Å². The lowest BCUT2D eigenvalue weighted by Crippen LogP contribution is -2.50. The number of ether oxygens (including phenoxy) is 1. The van der Waals surface area contributed by atoms with Crippen LogP contribution in [-0.4, -0.2) is 60.3 Å². The molecule has 3 rings (SSSR count). The Hall–Kier alpha value is -0.940. The fourth-order valence-corrected chi connectivity index (χ4v) is 3.55. The molecule has 2 saturated heterocycles. The van der Waals surface area contributed by atoms with Crippen molar-refractivity contribution < 1.29 is 4.74 Å². The highest BCUT2D eigenvalue weighted by Gasteiger charge is 2.40. The minimum atomic E-state index is -0.141. The highest BCUT2D eigenvalue weighted by atomic mass is 16.5. The van der Waals surface area contributed by atoms with Gasteiger partial charge in [-0.15, -0.1) is 0 Å². The van der Waals surface area contributed by atoms with Gasteiger partial charge >= 0.3 is 0 Å². The second-order valence-electron chi connectivity index (χ2n) is 7.12. The molecule has 0 radical (unpaired) electrons. The Kier molecular flexibility index (Phi) is 4.31. The maximum atomic E-state index is 6.17. The molecule has 2 aliphatic rings. The largest absolute Gasteiger partial charge is 0.374 e. The summed E-state index contributed by atoms with van der Waals surface area (Å²) in [6.45, 7) is 10.1. The number of benzene rings is 1. The normalized spacial score (nSPS) is 27.8. The molecule has 0 aliphatic carbocycles. The van der Waals surface area contributed by atoms with Crippen molar-refractivity contribution in [3.63, 3.8) is 0 Å². The molecule has 4 heteroatoms. The summed E-state index contributed by atoms with van der Waals surface area (Å²) in [6.07, 6.45) is 0.338. The number of morpholine rings is 1. The topological polar surface area (TPSA) is 41.7 Å². The molecule has 4 nitrogen and oxygen atoms in total. The predicted molar refractivity (Wildman–Crippen MR) is 85.1 cm³/mol. The van der Waals surface area contributed by atoms with Gasteiger partial charge in [0, 0.05) is 38.3 Å². The first-order valence-electron chi connectivity index (χ1n) is 7.92. The number of fused-ring (bicyclic) bond motifs is 1. The summed E-state index contributed by atoms with van der Waals surface area (Å²) < 4.78 is 5.99. The smallest absolute Gasteiger partial charge is 0.0870 e. The van der Waals surface area contributed by atoms with Crippen LogP contribution in [0.5, 0.6) is 0 Å². The Morgan fingerprint density at radius 2 is 2.00 bits per heavy atom. The number of hydrogen-bond donors (Lipinski definition) is 1. The molecule has 0 aromatic heterocycles. The van der Waals surface area contributed by atoms with Crippen molar-refractivity contribution in [2.45, 2.75) is 38.1 Å². The van der Waals surface area contributed by atoms with Gasteiger partial charge in [-0.3, -0.25) is 9.80 Å². The third-order valence-electron chi connectivity index (χ3n) is 4.35. The Balaban J connectivity index is 1.64. The third kappa shape index (κ3) is 3.83. The Labute approximate surface area is 127 Å². The zero-order valence-electron chi connectivity index (χ0n) is 13.2. The monoisotopic (exact) mass is 289 g/mol. The van der Waals surface area contributed by atoms with Crippen LogP contribution in [-0.2, 0) is 11.3 Å². The molecular formula is C17H27N3O. The molecule has 2 aliphatic heterocycles. The van der Waals surface area contributed by atoms with Gasteiger partial charge in [-0.1, -0.05) is 30.3 Å². The summed E-state index contributed by atoms with van der Waals surface area (Å²) in [5, 5.41) is 0. The minimum absolute atomic E-state index is 0.141. The van der Waals surface area contributed by atoms with Crippen LogP contribution in [0.4, 0.5) is 0 Å². The van der Waals surface area contributed by atoms with Gasteiger partial charge in [0.2, 0.25) is 0 Å². The van der Waals surface area contributed by atoms with Gasteiger partial charge in [0.25, 0.3) is 0 Å². The third-order valence-corrected chi connectivity index (χ3v) is 4.35. The number of hydrogen-bond acceptors (Lipinski definition) is 4.